The topological polar surface area (TPSA) is 41.6 Å². The van der Waals surface area contributed by atoms with Crippen LogP contribution < -0.4 is 5.32 Å². The van der Waals surface area contributed by atoms with Crippen LogP contribution in [0.3, 0.4) is 0 Å². The average molecular weight is 300 g/mol. The summed E-state index contributed by atoms with van der Waals surface area (Å²) in [6, 6.07) is 0. The van der Waals surface area contributed by atoms with Crippen LogP contribution in [0.2, 0.25) is 0 Å². The molecule has 0 aliphatic rings. The van der Waals surface area contributed by atoms with Crippen LogP contribution >= 0.6 is 0 Å². The summed E-state index contributed by atoms with van der Waals surface area (Å²) >= 11 is 0. The molecule has 0 spiro atoms. The van der Waals surface area contributed by atoms with Gasteiger partial charge in [0.05, 0.1) is 0 Å². The lowest BCUT2D eigenvalue weighted by Gasteiger charge is -2.24. The van der Waals surface area contributed by atoms with Crippen molar-refractivity contribution in [2.45, 2.75) is 72.8 Å². The minimum Gasteiger partial charge on any atom is -0.444 e. The van der Waals surface area contributed by atoms with Crippen molar-refractivity contribution in [3.8, 4) is 0 Å². The number of carbonyl (C=O) groups is 1. The molecular formula is C17H36N2O2. The quantitative estimate of drug-likeness (QED) is 0.619. The van der Waals surface area contributed by atoms with Crippen LogP contribution in [0.5, 0.6) is 0 Å². The van der Waals surface area contributed by atoms with E-state index < -0.39 is 5.60 Å². The van der Waals surface area contributed by atoms with Gasteiger partial charge < -0.3 is 15.0 Å². The van der Waals surface area contributed by atoms with Crippen molar-refractivity contribution in [3.05, 3.63) is 0 Å². The zero-order valence-electron chi connectivity index (χ0n) is 15.0. The lowest BCUT2D eigenvalue weighted by Crippen LogP contribution is -2.33. The molecule has 4 heteroatoms. The van der Waals surface area contributed by atoms with Crippen molar-refractivity contribution >= 4 is 6.09 Å². The third-order valence-corrected chi connectivity index (χ3v) is 3.02. The number of nitrogens with zero attached hydrogens (tertiary/aromatic N) is 1. The van der Waals surface area contributed by atoms with Crippen molar-refractivity contribution in [3.63, 3.8) is 0 Å². The Bertz CT molecular complexity index is 272. The fraction of sp³-hybridized carbons (Fsp3) is 0.941. The normalized spacial score (nSPS) is 12.0. The molecular weight excluding hydrogens is 264 g/mol. The first-order valence-electron chi connectivity index (χ1n) is 8.43. The Labute approximate surface area is 131 Å². The molecule has 0 saturated heterocycles. The highest BCUT2D eigenvalue weighted by molar-refractivity contribution is 5.67. The number of unbranched alkanes of at least 4 members (excludes halogenated alkanes) is 2. The second-order valence-corrected chi connectivity index (χ2v) is 7.18. The van der Waals surface area contributed by atoms with Gasteiger partial charge in [-0.3, -0.25) is 0 Å². The molecule has 1 amide bonds. The summed E-state index contributed by atoms with van der Waals surface area (Å²) in [5.41, 5.74) is -0.418. The Hall–Kier alpha value is -0.770. The van der Waals surface area contributed by atoms with E-state index in [1.807, 2.05) is 20.8 Å². The maximum atomic E-state index is 11.5. The maximum Gasteiger partial charge on any atom is 0.407 e. The average Bonchev–Trinajstić information content (AvgIpc) is 2.32. The zero-order valence-corrected chi connectivity index (χ0v) is 15.0. The predicted octanol–water partition coefficient (Wildman–Crippen LogP) is 4.05. The highest BCUT2D eigenvalue weighted by Crippen LogP contribution is 2.07. The van der Waals surface area contributed by atoms with Crippen LogP contribution in [-0.2, 0) is 4.74 Å². The van der Waals surface area contributed by atoms with E-state index in [4.69, 9.17) is 4.74 Å². The molecule has 0 aliphatic heterocycles. The molecule has 0 saturated carbocycles. The van der Waals surface area contributed by atoms with Gasteiger partial charge in [-0.2, -0.15) is 0 Å². The number of hydrogen-bond donors (Lipinski definition) is 1. The summed E-state index contributed by atoms with van der Waals surface area (Å²) in [7, 11) is 0. The van der Waals surface area contributed by atoms with E-state index in [0.29, 0.717) is 12.5 Å². The SMILES string of the molecule is CCCCN(CCCCNC(=O)OC(C)(C)C)CC(C)C. The molecule has 0 unspecified atom stereocenters. The van der Waals surface area contributed by atoms with Crippen molar-refractivity contribution in [2.24, 2.45) is 5.92 Å². The minimum absolute atomic E-state index is 0.312. The van der Waals surface area contributed by atoms with Gasteiger partial charge in [0.1, 0.15) is 5.60 Å². The van der Waals surface area contributed by atoms with Crippen LogP contribution in [0.1, 0.15) is 67.2 Å². The second-order valence-electron chi connectivity index (χ2n) is 7.18. The Morgan fingerprint density at radius 2 is 1.76 bits per heavy atom. The van der Waals surface area contributed by atoms with Crippen molar-refractivity contribution in [1.29, 1.82) is 0 Å². The summed E-state index contributed by atoms with van der Waals surface area (Å²) in [6.45, 7) is 16.6. The smallest absolute Gasteiger partial charge is 0.407 e. The first kappa shape index (κ1) is 20.2. The summed E-state index contributed by atoms with van der Waals surface area (Å²) < 4.78 is 5.21. The van der Waals surface area contributed by atoms with E-state index in [-0.39, 0.29) is 6.09 Å². The highest BCUT2D eigenvalue weighted by Gasteiger charge is 2.15. The Morgan fingerprint density at radius 3 is 2.29 bits per heavy atom. The molecule has 0 aliphatic carbocycles. The van der Waals surface area contributed by atoms with E-state index >= 15 is 0 Å². The first-order chi connectivity index (χ1) is 9.74. The number of alkyl carbamates (subject to hydrolysis) is 1. The van der Waals surface area contributed by atoms with Gasteiger partial charge in [0.2, 0.25) is 0 Å². The van der Waals surface area contributed by atoms with Crippen LogP contribution in [0.15, 0.2) is 0 Å². The van der Waals surface area contributed by atoms with Gasteiger partial charge in [-0.15, -0.1) is 0 Å². The standard InChI is InChI=1S/C17H36N2O2/c1-7-8-12-19(14-15(2)3)13-10-9-11-18-16(20)21-17(4,5)6/h15H,7-14H2,1-6H3,(H,18,20). The van der Waals surface area contributed by atoms with Gasteiger partial charge in [-0.25, -0.2) is 4.79 Å². The molecule has 1 N–H and O–H groups in total. The van der Waals surface area contributed by atoms with Crippen LogP contribution in [0.25, 0.3) is 0 Å². The van der Waals surface area contributed by atoms with Crippen molar-refractivity contribution in [1.82, 2.24) is 10.2 Å². The van der Waals surface area contributed by atoms with Gasteiger partial charge in [-0.1, -0.05) is 27.2 Å². The molecule has 4 nitrogen and oxygen atoms in total. The Morgan fingerprint density at radius 1 is 1.14 bits per heavy atom. The van der Waals surface area contributed by atoms with Crippen LogP contribution in [-0.4, -0.2) is 42.8 Å². The molecule has 0 aromatic rings. The van der Waals surface area contributed by atoms with Crippen molar-refractivity contribution in [2.75, 3.05) is 26.2 Å². The predicted molar refractivity (Wildman–Crippen MR) is 89.7 cm³/mol. The largest absolute Gasteiger partial charge is 0.444 e. The first-order valence-corrected chi connectivity index (χ1v) is 8.43. The second kappa shape index (κ2) is 10.9. The van der Waals surface area contributed by atoms with Gasteiger partial charge in [-0.05, 0) is 59.0 Å². The molecule has 0 fully saturated rings. The molecule has 0 atom stereocenters. The van der Waals surface area contributed by atoms with Crippen LogP contribution in [0, 0.1) is 5.92 Å². The number of ether oxygens (including phenoxy) is 1. The van der Waals surface area contributed by atoms with E-state index in [1.54, 1.807) is 0 Å². The maximum absolute atomic E-state index is 11.5. The fourth-order valence-corrected chi connectivity index (χ4v) is 2.16. The minimum atomic E-state index is -0.418. The molecule has 126 valence electrons. The van der Waals surface area contributed by atoms with Crippen molar-refractivity contribution < 1.29 is 9.53 Å². The third kappa shape index (κ3) is 13.9. The molecule has 0 heterocycles. The van der Waals surface area contributed by atoms with Gasteiger partial charge >= 0.3 is 6.09 Å². The number of hydrogen-bond acceptors (Lipinski definition) is 3. The number of carbonyl (C=O) groups excluding carboxylic acids is 1. The summed E-state index contributed by atoms with van der Waals surface area (Å²) in [5, 5.41) is 2.82. The zero-order chi connectivity index (χ0) is 16.3. The van der Waals surface area contributed by atoms with Gasteiger partial charge in [0, 0.05) is 13.1 Å². The van der Waals surface area contributed by atoms with Gasteiger partial charge in [0.15, 0.2) is 0 Å². The number of amides is 1. The molecule has 0 rings (SSSR count). The Kier molecular flexibility index (Phi) is 10.5. The monoisotopic (exact) mass is 300 g/mol. The third-order valence-electron chi connectivity index (χ3n) is 3.02. The number of nitrogens with one attached hydrogen (secondary N) is 1. The highest BCUT2D eigenvalue weighted by atomic mass is 16.6. The number of rotatable bonds is 10. The molecule has 21 heavy (non-hydrogen) atoms. The van der Waals surface area contributed by atoms with E-state index in [9.17, 15) is 4.79 Å². The van der Waals surface area contributed by atoms with E-state index in [1.165, 1.54) is 25.9 Å². The van der Waals surface area contributed by atoms with Gasteiger partial charge in [0.25, 0.3) is 0 Å². The van der Waals surface area contributed by atoms with Crippen LogP contribution in [0.4, 0.5) is 4.79 Å². The molecule has 0 aromatic heterocycles. The molecule has 0 aromatic carbocycles. The molecule has 0 bridgehead atoms. The summed E-state index contributed by atoms with van der Waals surface area (Å²) in [5.74, 6) is 0.710. The lowest BCUT2D eigenvalue weighted by molar-refractivity contribution is 0.0526. The fourth-order valence-electron chi connectivity index (χ4n) is 2.16. The lowest BCUT2D eigenvalue weighted by atomic mass is 10.2. The Balaban J connectivity index is 3.76. The van der Waals surface area contributed by atoms with E-state index in [2.05, 4.69) is 31.0 Å². The van der Waals surface area contributed by atoms with E-state index in [0.717, 1.165) is 19.4 Å². The summed E-state index contributed by atoms with van der Waals surface area (Å²) in [4.78, 5) is 14.0. The molecule has 0 radical (unpaired) electrons. The summed E-state index contributed by atoms with van der Waals surface area (Å²) in [6.07, 6.45) is 4.32.